The molecule has 0 radical (unpaired) electrons. The maximum atomic E-state index is 6.11. The van der Waals surface area contributed by atoms with Crippen LogP contribution >= 0.6 is 0 Å². The summed E-state index contributed by atoms with van der Waals surface area (Å²) in [6, 6.07) is 20.0. The van der Waals surface area contributed by atoms with Gasteiger partial charge in [0.15, 0.2) is 5.82 Å². The van der Waals surface area contributed by atoms with Crippen LogP contribution in [0.1, 0.15) is 47.4 Å². The SMILES string of the molecule is CC(C)Cc1nc(-c2ccc3[nH]nc(-c4ccc5cc(OCCN(C(C)C)C(C)C)ccc5c4)c3c2)n[nH]1. The number of hydrogen-bond acceptors (Lipinski definition) is 5. The highest BCUT2D eigenvalue weighted by molar-refractivity contribution is 5.97. The van der Waals surface area contributed by atoms with Crippen molar-refractivity contribution < 1.29 is 4.74 Å². The first-order chi connectivity index (χ1) is 18.3. The van der Waals surface area contributed by atoms with E-state index in [9.17, 15) is 0 Å². The fourth-order valence-electron chi connectivity index (χ4n) is 5.12. The number of aromatic amines is 2. The van der Waals surface area contributed by atoms with Gasteiger partial charge in [0.1, 0.15) is 18.2 Å². The summed E-state index contributed by atoms with van der Waals surface area (Å²) >= 11 is 0. The summed E-state index contributed by atoms with van der Waals surface area (Å²) in [6.45, 7) is 14.9. The molecule has 7 nitrogen and oxygen atoms in total. The number of ether oxygens (including phenoxy) is 1. The average Bonchev–Trinajstić information content (AvgIpc) is 3.52. The fraction of sp³-hybridized carbons (Fsp3) is 0.387. The molecule has 0 aliphatic heterocycles. The molecule has 0 aliphatic carbocycles. The molecule has 0 amide bonds. The lowest BCUT2D eigenvalue weighted by Crippen LogP contribution is -2.39. The van der Waals surface area contributed by atoms with Crippen LogP contribution in [0.5, 0.6) is 5.75 Å². The summed E-state index contributed by atoms with van der Waals surface area (Å²) in [7, 11) is 0. The highest BCUT2D eigenvalue weighted by Crippen LogP contribution is 2.32. The van der Waals surface area contributed by atoms with Gasteiger partial charge in [0, 0.05) is 41.6 Å². The molecule has 0 unspecified atom stereocenters. The summed E-state index contributed by atoms with van der Waals surface area (Å²) in [5.74, 6) is 3.05. The van der Waals surface area contributed by atoms with Crippen molar-refractivity contribution in [3.8, 4) is 28.4 Å². The van der Waals surface area contributed by atoms with Crippen LogP contribution in [0.3, 0.4) is 0 Å². The Labute approximate surface area is 224 Å². The first-order valence-corrected chi connectivity index (χ1v) is 13.6. The number of nitrogens with zero attached hydrogens (tertiary/aromatic N) is 4. The van der Waals surface area contributed by atoms with Crippen LogP contribution in [0.2, 0.25) is 0 Å². The van der Waals surface area contributed by atoms with E-state index in [2.05, 4.69) is 109 Å². The van der Waals surface area contributed by atoms with Crippen molar-refractivity contribution in [3.05, 3.63) is 60.4 Å². The van der Waals surface area contributed by atoms with Gasteiger partial charge in [0.2, 0.25) is 0 Å². The zero-order valence-electron chi connectivity index (χ0n) is 23.2. The third-order valence-corrected chi connectivity index (χ3v) is 6.98. The lowest BCUT2D eigenvalue weighted by atomic mass is 10.0. The zero-order chi connectivity index (χ0) is 26.8. The molecule has 0 bridgehead atoms. The largest absolute Gasteiger partial charge is 0.492 e. The quantitative estimate of drug-likeness (QED) is 0.214. The first-order valence-electron chi connectivity index (χ1n) is 13.6. The van der Waals surface area contributed by atoms with Crippen LogP contribution in [-0.4, -0.2) is 55.5 Å². The highest BCUT2D eigenvalue weighted by Gasteiger charge is 2.15. The second kappa shape index (κ2) is 11.0. The smallest absolute Gasteiger partial charge is 0.181 e. The topological polar surface area (TPSA) is 82.7 Å². The number of H-pyrrole nitrogens is 2. The molecule has 3 aromatic carbocycles. The van der Waals surface area contributed by atoms with Crippen molar-refractivity contribution in [2.45, 2.75) is 60.0 Å². The molecule has 7 heteroatoms. The van der Waals surface area contributed by atoms with Crippen molar-refractivity contribution in [3.63, 3.8) is 0 Å². The Morgan fingerprint density at radius 3 is 2.29 bits per heavy atom. The lowest BCUT2D eigenvalue weighted by molar-refractivity contribution is 0.142. The number of fused-ring (bicyclic) bond motifs is 2. The zero-order valence-corrected chi connectivity index (χ0v) is 23.2. The predicted octanol–water partition coefficient (Wildman–Crippen LogP) is 6.86. The Bertz CT molecular complexity index is 1520. The summed E-state index contributed by atoms with van der Waals surface area (Å²) in [5, 5.41) is 18.7. The third-order valence-electron chi connectivity index (χ3n) is 6.98. The van der Waals surface area contributed by atoms with Crippen LogP contribution in [0.4, 0.5) is 0 Å². The number of hydrogen-bond donors (Lipinski definition) is 2. The summed E-state index contributed by atoms with van der Waals surface area (Å²) < 4.78 is 6.11. The van der Waals surface area contributed by atoms with Gasteiger partial charge in [-0.2, -0.15) is 10.2 Å². The average molecular weight is 511 g/mol. The van der Waals surface area contributed by atoms with Crippen LogP contribution in [0.25, 0.3) is 44.3 Å². The maximum Gasteiger partial charge on any atom is 0.181 e. The van der Waals surface area contributed by atoms with E-state index in [4.69, 9.17) is 9.72 Å². The molecule has 2 heterocycles. The first kappa shape index (κ1) is 25.9. The monoisotopic (exact) mass is 510 g/mol. The van der Waals surface area contributed by atoms with E-state index in [-0.39, 0.29) is 0 Å². The molecule has 38 heavy (non-hydrogen) atoms. The van der Waals surface area contributed by atoms with Gasteiger partial charge in [-0.15, -0.1) is 0 Å². The van der Waals surface area contributed by atoms with Crippen LogP contribution in [-0.2, 0) is 6.42 Å². The summed E-state index contributed by atoms with van der Waals surface area (Å²) in [4.78, 5) is 7.14. The van der Waals surface area contributed by atoms with Crippen LogP contribution in [0.15, 0.2) is 54.6 Å². The van der Waals surface area contributed by atoms with Crippen molar-refractivity contribution in [2.24, 2.45) is 5.92 Å². The summed E-state index contributed by atoms with van der Waals surface area (Å²) in [6.07, 6.45) is 0.879. The van der Waals surface area contributed by atoms with Gasteiger partial charge in [0.25, 0.3) is 0 Å². The minimum atomic E-state index is 0.501. The molecule has 2 N–H and O–H groups in total. The van der Waals surface area contributed by atoms with E-state index in [0.29, 0.717) is 30.4 Å². The minimum absolute atomic E-state index is 0.501. The number of aromatic nitrogens is 5. The molecule has 0 aliphatic rings. The Hall–Kier alpha value is -3.71. The lowest BCUT2D eigenvalue weighted by Gasteiger charge is -2.30. The second-order valence-electron chi connectivity index (χ2n) is 11.0. The van der Waals surface area contributed by atoms with E-state index in [1.165, 1.54) is 0 Å². The Balaban J connectivity index is 1.36. The van der Waals surface area contributed by atoms with E-state index in [0.717, 1.165) is 63.0 Å². The van der Waals surface area contributed by atoms with E-state index in [1.54, 1.807) is 0 Å². The van der Waals surface area contributed by atoms with Crippen molar-refractivity contribution in [1.82, 2.24) is 30.3 Å². The van der Waals surface area contributed by atoms with Gasteiger partial charge < -0.3 is 4.74 Å². The molecule has 198 valence electrons. The van der Waals surface area contributed by atoms with Gasteiger partial charge in [-0.3, -0.25) is 15.1 Å². The van der Waals surface area contributed by atoms with Crippen molar-refractivity contribution >= 4 is 21.7 Å². The molecule has 0 atom stereocenters. The Kier molecular flexibility index (Phi) is 7.47. The minimum Gasteiger partial charge on any atom is -0.492 e. The predicted molar refractivity (Wildman–Crippen MR) is 155 cm³/mol. The van der Waals surface area contributed by atoms with Crippen LogP contribution in [0, 0.1) is 5.92 Å². The number of nitrogens with one attached hydrogen (secondary N) is 2. The molecule has 0 spiro atoms. The molecular formula is C31H38N6O. The summed E-state index contributed by atoms with van der Waals surface area (Å²) in [5.41, 5.74) is 3.95. The van der Waals surface area contributed by atoms with Gasteiger partial charge in [0.05, 0.1) is 11.2 Å². The fourth-order valence-corrected chi connectivity index (χ4v) is 5.12. The molecule has 0 fully saturated rings. The second-order valence-corrected chi connectivity index (χ2v) is 11.0. The van der Waals surface area contributed by atoms with Gasteiger partial charge >= 0.3 is 0 Å². The molecule has 5 rings (SSSR count). The molecule has 2 aromatic heterocycles. The molecule has 5 aromatic rings. The molecule has 0 saturated carbocycles. The van der Waals surface area contributed by atoms with E-state index in [1.807, 2.05) is 12.1 Å². The van der Waals surface area contributed by atoms with Gasteiger partial charge in [-0.05, 0) is 80.8 Å². The van der Waals surface area contributed by atoms with Gasteiger partial charge in [-0.25, -0.2) is 4.98 Å². The number of rotatable bonds is 10. The van der Waals surface area contributed by atoms with Crippen molar-refractivity contribution in [1.29, 1.82) is 0 Å². The van der Waals surface area contributed by atoms with E-state index >= 15 is 0 Å². The Morgan fingerprint density at radius 2 is 1.53 bits per heavy atom. The van der Waals surface area contributed by atoms with Crippen molar-refractivity contribution in [2.75, 3.05) is 13.2 Å². The normalized spacial score (nSPS) is 12.2. The third kappa shape index (κ3) is 5.58. The van der Waals surface area contributed by atoms with Crippen LogP contribution < -0.4 is 4.74 Å². The maximum absolute atomic E-state index is 6.11. The van der Waals surface area contributed by atoms with Gasteiger partial charge in [-0.1, -0.05) is 32.0 Å². The highest BCUT2D eigenvalue weighted by atomic mass is 16.5. The number of benzene rings is 3. The van der Waals surface area contributed by atoms with E-state index < -0.39 is 0 Å². The Morgan fingerprint density at radius 1 is 0.789 bits per heavy atom. The molecule has 0 saturated heterocycles. The standard InChI is InChI=1S/C31H38N6O/c1-19(2)15-29-32-31(36-34-29)25-10-12-28-27(18-25)30(35-33-28)24-8-7-23-17-26(11-9-22(23)16-24)38-14-13-37(20(3)4)21(5)6/h7-12,16-21H,13-15H2,1-6H3,(H,33,35)(H,32,34,36). The molecular weight excluding hydrogens is 472 g/mol.